The second-order valence-electron chi connectivity index (χ2n) is 3.51. The van der Waals surface area contributed by atoms with Crippen LogP contribution >= 0.6 is 11.8 Å². The van der Waals surface area contributed by atoms with Gasteiger partial charge in [-0.2, -0.15) is 0 Å². The van der Waals surface area contributed by atoms with Crippen molar-refractivity contribution < 1.29 is 14.3 Å². The number of thioether (sulfide) groups is 1. The Labute approximate surface area is 106 Å². The first-order valence-corrected chi connectivity index (χ1v) is 6.63. The fraction of sp³-hybridized carbons (Fsp3) is 0.462. The van der Waals surface area contributed by atoms with Gasteiger partial charge >= 0.3 is 0 Å². The number of aldehydes is 1. The summed E-state index contributed by atoms with van der Waals surface area (Å²) in [6.45, 7) is 2.64. The first-order valence-electron chi connectivity index (χ1n) is 5.64. The van der Waals surface area contributed by atoms with Crippen LogP contribution in [0.1, 0.15) is 13.3 Å². The standard InChI is InChI=1S/C13H18O3S/c1-3-8-16-11(9-14)10-17-13-7-5-4-6-12(13)15-2/h4-7,9,11H,3,8,10H2,1-2H3/t11-/m0/s1. The summed E-state index contributed by atoms with van der Waals surface area (Å²) in [5.74, 6) is 1.45. The van der Waals surface area contributed by atoms with Gasteiger partial charge in [-0.3, -0.25) is 0 Å². The Morgan fingerprint density at radius 2 is 2.18 bits per heavy atom. The van der Waals surface area contributed by atoms with Crippen LogP contribution in [0.2, 0.25) is 0 Å². The Morgan fingerprint density at radius 3 is 2.82 bits per heavy atom. The van der Waals surface area contributed by atoms with Gasteiger partial charge < -0.3 is 14.3 Å². The topological polar surface area (TPSA) is 35.5 Å². The maximum absolute atomic E-state index is 10.8. The Hall–Kier alpha value is -1.00. The molecule has 0 aliphatic heterocycles. The molecule has 94 valence electrons. The lowest BCUT2D eigenvalue weighted by molar-refractivity contribution is -0.116. The number of carbonyl (C=O) groups is 1. The average Bonchev–Trinajstić information content (AvgIpc) is 2.39. The van der Waals surface area contributed by atoms with Crippen LogP contribution in [0.25, 0.3) is 0 Å². The number of hydrogen-bond donors (Lipinski definition) is 0. The molecule has 0 spiro atoms. The van der Waals surface area contributed by atoms with Crippen LogP contribution in [-0.2, 0) is 9.53 Å². The van der Waals surface area contributed by atoms with E-state index in [0.717, 1.165) is 23.4 Å². The number of carbonyl (C=O) groups excluding carboxylic acids is 1. The molecular formula is C13H18O3S. The molecule has 0 heterocycles. The Balaban J connectivity index is 2.50. The SMILES string of the molecule is CCCO[C@@H](C=O)CSc1ccccc1OC. The number of rotatable bonds is 8. The summed E-state index contributed by atoms with van der Waals surface area (Å²) in [6, 6.07) is 7.76. The lowest BCUT2D eigenvalue weighted by Crippen LogP contribution is -2.18. The summed E-state index contributed by atoms with van der Waals surface area (Å²) in [4.78, 5) is 11.8. The van der Waals surface area contributed by atoms with Gasteiger partial charge in [0.05, 0.1) is 7.11 Å². The van der Waals surface area contributed by atoms with Crippen molar-refractivity contribution in [2.45, 2.75) is 24.3 Å². The molecule has 1 rings (SSSR count). The summed E-state index contributed by atoms with van der Waals surface area (Å²) in [5.41, 5.74) is 0. The normalized spacial score (nSPS) is 12.1. The highest BCUT2D eigenvalue weighted by atomic mass is 32.2. The van der Waals surface area contributed by atoms with Crippen LogP contribution in [0.3, 0.4) is 0 Å². The molecule has 0 saturated carbocycles. The zero-order valence-corrected chi connectivity index (χ0v) is 11.0. The quantitative estimate of drug-likeness (QED) is 0.528. The highest BCUT2D eigenvalue weighted by Crippen LogP contribution is 2.29. The first kappa shape index (κ1) is 14.1. The van der Waals surface area contributed by atoms with Crippen LogP contribution in [0, 0.1) is 0 Å². The summed E-state index contributed by atoms with van der Waals surface area (Å²) < 4.78 is 10.6. The van der Waals surface area contributed by atoms with Crippen LogP contribution in [-0.4, -0.2) is 31.9 Å². The molecule has 0 aliphatic rings. The number of para-hydroxylation sites is 1. The number of ether oxygens (including phenoxy) is 2. The van der Waals surface area contributed by atoms with Gasteiger partial charge in [0.2, 0.25) is 0 Å². The molecule has 0 bridgehead atoms. The molecule has 0 saturated heterocycles. The Bertz CT molecular complexity index is 341. The Morgan fingerprint density at radius 1 is 1.41 bits per heavy atom. The van der Waals surface area contributed by atoms with Crippen LogP contribution < -0.4 is 4.74 Å². The van der Waals surface area contributed by atoms with Crippen LogP contribution in [0.4, 0.5) is 0 Å². The van der Waals surface area contributed by atoms with Crippen LogP contribution in [0.15, 0.2) is 29.2 Å². The minimum atomic E-state index is -0.343. The monoisotopic (exact) mass is 254 g/mol. The van der Waals surface area contributed by atoms with E-state index in [0.29, 0.717) is 12.4 Å². The molecule has 1 atom stereocenters. The molecule has 0 radical (unpaired) electrons. The van der Waals surface area contributed by atoms with Crippen molar-refractivity contribution >= 4 is 18.0 Å². The zero-order valence-electron chi connectivity index (χ0n) is 10.2. The average molecular weight is 254 g/mol. The van der Waals surface area contributed by atoms with Gasteiger partial charge in [-0.25, -0.2) is 0 Å². The highest BCUT2D eigenvalue weighted by molar-refractivity contribution is 7.99. The lowest BCUT2D eigenvalue weighted by Gasteiger charge is -2.12. The molecule has 17 heavy (non-hydrogen) atoms. The first-order chi connectivity index (χ1) is 8.31. The van der Waals surface area contributed by atoms with Gasteiger partial charge in [0.25, 0.3) is 0 Å². The second kappa shape index (κ2) is 8.14. The predicted octanol–water partition coefficient (Wildman–Crippen LogP) is 2.78. The van der Waals surface area contributed by atoms with E-state index >= 15 is 0 Å². The molecule has 0 aliphatic carbocycles. The van der Waals surface area contributed by atoms with Crippen molar-refractivity contribution in [3.8, 4) is 5.75 Å². The van der Waals surface area contributed by atoms with E-state index in [1.807, 2.05) is 31.2 Å². The third-order valence-corrected chi connectivity index (χ3v) is 3.30. The maximum Gasteiger partial charge on any atom is 0.149 e. The van der Waals surface area contributed by atoms with E-state index in [2.05, 4.69) is 0 Å². The number of methoxy groups -OCH3 is 1. The molecule has 3 nitrogen and oxygen atoms in total. The molecule has 1 aromatic rings. The van der Waals surface area contributed by atoms with Gasteiger partial charge in [0, 0.05) is 17.3 Å². The molecular weight excluding hydrogens is 236 g/mol. The van der Waals surface area contributed by atoms with Gasteiger partial charge in [0.15, 0.2) is 0 Å². The summed E-state index contributed by atoms with van der Waals surface area (Å²) in [5, 5.41) is 0. The molecule has 1 aromatic carbocycles. The largest absolute Gasteiger partial charge is 0.496 e. The van der Waals surface area contributed by atoms with Crippen LogP contribution in [0.5, 0.6) is 5.75 Å². The molecule has 0 N–H and O–H groups in total. The third-order valence-electron chi connectivity index (χ3n) is 2.16. The minimum Gasteiger partial charge on any atom is -0.496 e. The predicted molar refractivity (Wildman–Crippen MR) is 69.8 cm³/mol. The molecule has 4 heteroatoms. The second-order valence-corrected chi connectivity index (χ2v) is 4.57. The maximum atomic E-state index is 10.8. The van der Waals surface area contributed by atoms with E-state index in [4.69, 9.17) is 9.47 Å². The van der Waals surface area contributed by atoms with E-state index in [1.165, 1.54) is 0 Å². The van der Waals surface area contributed by atoms with Crippen molar-refractivity contribution in [3.05, 3.63) is 24.3 Å². The van der Waals surface area contributed by atoms with Crippen molar-refractivity contribution in [2.24, 2.45) is 0 Å². The molecule has 0 unspecified atom stereocenters. The molecule has 0 aromatic heterocycles. The summed E-state index contributed by atoms with van der Waals surface area (Å²) >= 11 is 1.57. The van der Waals surface area contributed by atoms with E-state index < -0.39 is 0 Å². The summed E-state index contributed by atoms with van der Waals surface area (Å²) in [7, 11) is 1.64. The minimum absolute atomic E-state index is 0.343. The lowest BCUT2D eigenvalue weighted by atomic mass is 10.3. The third kappa shape index (κ3) is 4.79. The fourth-order valence-corrected chi connectivity index (χ4v) is 2.29. The fourth-order valence-electron chi connectivity index (χ4n) is 1.31. The zero-order chi connectivity index (χ0) is 12.5. The van der Waals surface area contributed by atoms with Crippen molar-refractivity contribution in [3.63, 3.8) is 0 Å². The van der Waals surface area contributed by atoms with Gasteiger partial charge in [-0.15, -0.1) is 11.8 Å². The van der Waals surface area contributed by atoms with Gasteiger partial charge in [-0.1, -0.05) is 19.1 Å². The van der Waals surface area contributed by atoms with Crippen molar-refractivity contribution in [1.82, 2.24) is 0 Å². The van der Waals surface area contributed by atoms with E-state index in [-0.39, 0.29) is 6.10 Å². The van der Waals surface area contributed by atoms with Crippen molar-refractivity contribution in [1.29, 1.82) is 0 Å². The molecule has 0 fully saturated rings. The number of hydrogen-bond acceptors (Lipinski definition) is 4. The van der Waals surface area contributed by atoms with Gasteiger partial charge in [-0.05, 0) is 18.6 Å². The van der Waals surface area contributed by atoms with E-state index in [9.17, 15) is 4.79 Å². The van der Waals surface area contributed by atoms with Crippen molar-refractivity contribution in [2.75, 3.05) is 19.5 Å². The smallest absolute Gasteiger partial charge is 0.149 e. The molecule has 0 amide bonds. The summed E-state index contributed by atoms with van der Waals surface area (Å²) in [6.07, 6.45) is 1.44. The number of benzene rings is 1. The Kier molecular flexibility index (Phi) is 6.74. The van der Waals surface area contributed by atoms with Gasteiger partial charge in [0.1, 0.15) is 18.1 Å². The van der Waals surface area contributed by atoms with E-state index in [1.54, 1.807) is 18.9 Å². The highest BCUT2D eigenvalue weighted by Gasteiger charge is 2.10.